The highest BCUT2D eigenvalue weighted by Gasteiger charge is 2.15. The number of halogens is 2. The Morgan fingerprint density at radius 2 is 2.05 bits per heavy atom. The van der Waals surface area contributed by atoms with Crippen molar-refractivity contribution in [1.82, 2.24) is 9.55 Å². The fourth-order valence-electron chi connectivity index (χ4n) is 2.23. The maximum absolute atomic E-state index is 11.1. The number of carbonyl (C=O) groups is 1. The van der Waals surface area contributed by atoms with Crippen molar-refractivity contribution in [1.29, 1.82) is 0 Å². The molecule has 0 unspecified atom stereocenters. The molecule has 0 spiro atoms. The third-order valence-corrected chi connectivity index (χ3v) is 4.34. The number of para-hydroxylation sites is 2. The van der Waals surface area contributed by atoms with E-state index < -0.39 is 5.97 Å². The van der Waals surface area contributed by atoms with Crippen LogP contribution in [0.15, 0.2) is 46.9 Å². The molecular weight excluding hydrogens is 356 g/mol. The molecule has 0 bridgehead atoms. The fraction of sp³-hybridized carbons (Fsp3) is 0.0667. The molecule has 106 valence electrons. The van der Waals surface area contributed by atoms with Crippen LogP contribution in [0.5, 0.6) is 0 Å². The van der Waals surface area contributed by atoms with E-state index in [4.69, 9.17) is 16.7 Å². The number of aromatic nitrogens is 2. The summed E-state index contributed by atoms with van der Waals surface area (Å²) in [7, 11) is 0. The number of rotatable bonds is 3. The van der Waals surface area contributed by atoms with Crippen molar-refractivity contribution in [3.8, 4) is 11.4 Å². The van der Waals surface area contributed by atoms with Crippen LogP contribution in [0.25, 0.3) is 22.4 Å². The lowest BCUT2D eigenvalue weighted by Crippen LogP contribution is -2.10. The molecule has 0 fully saturated rings. The van der Waals surface area contributed by atoms with Crippen molar-refractivity contribution in [3.05, 3.63) is 52.0 Å². The summed E-state index contributed by atoms with van der Waals surface area (Å²) < 4.78 is 2.43. The Labute approximate surface area is 134 Å². The standard InChI is InChI=1S/C15H10BrClN2O2/c16-10-7-9(5-6-11(10)17)15-18-12-3-1-2-4-13(12)19(15)8-14(20)21/h1-7H,8H2,(H,20,21). The summed E-state index contributed by atoms with van der Waals surface area (Å²) in [5, 5.41) is 9.73. The molecule has 1 aromatic heterocycles. The monoisotopic (exact) mass is 364 g/mol. The lowest BCUT2D eigenvalue weighted by molar-refractivity contribution is -0.137. The quantitative estimate of drug-likeness (QED) is 0.756. The predicted molar refractivity (Wildman–Crippen MR) is 85.5 cm³/mol. The molecule has 21 heavy (non-hydrogen) atoms. The number of carboxylic acid groups (broad SMARTS) is 1. The average molecular weight is 366 g/mol. The predicted octanol–water partition coefficient (Wildman–Crippen LogP) is 4.20. The third-order valence-electron chi connectivity index (χ3n) is 3.13. The van der Waals surface area contributed by atoms with Crippen LogP contribution in [0.4, 0.5) is 0 Å². The largest absolute Gasteiger partial charge is 0.480 e. The molecule has 0 amide bonds. The first kappa shape index (κ1) is 14.1. The number of hydrogen-bond acceptors (Lipinski definition) is 2. The van der Waals surface area contributed by atoms with Crippen LogP contribution in [0.1, 0.15) is 0 Å². The molecule has 0 saturated heterocycles. The van der Waals surface area contributed by atoms with Crippen molar-refractivity contribution >= 4 is 44.5 Å². The van der Waals surface area contributed by atoms with E-state index in [1.54, 1.807) is 10.6 Å². The lowest BCUT2D eigenvalue weighted by Gasteiger charge is -2.07. The van der Waals surface area contributed by atoms with Gasteiger partial charge in [-0.2, -0.15) is 0 Å². The third kappa shape index (κ3) is 2.66. The van der Waals surface area contributed by atoms with Crippen molar-refractivity contribution in [2.45, 2.75) is 6.54 Å². The van der Waals surface area contributed by atoms with E-state index in [0.717, 1.165) is 21.1 Å². The zero-order valence-electron chi connectivity index (χ0n) is 10.8. The second-order valence-corrected chi connectivity index (χ2v) is 5.79. The molecule has 2 aromatic carbocycles. The first-order chi connectivity index (χ1) is 10.1. The highest BCUT2D eigenvalue weighted by molar-refractivity contribution is 9.10. The van der Waals surface area contributed by atoms with E-state index in [1.807, 2.05) is 36.4 Å². The van der Waals surface area contributed by atoms with E-state index in [2.05, 4.69) is 20.9 Å². The maximum Gasteiger partial charge on any atom is 0.323 e. The Hall–Kier alpha value is -1.85. The smallest absolute Gasteiger partial charge is 0.323 e. The zero-order valence-corrected chi connectivity index (χ0v) is 13.1. The van der Waals surface area contributed by atoms with Crippen LogP contribution in [-0.2, 0) is 11.3 Å². The molecule has 0 aliphatic rings. The van der Waals surface area contributed by atoms with E-state index in [1.165, 1.54) is 0 Å². The van der Waals surface area contributed by atoms with E-state index in [0.29, 0.717) is 10.8 Å². The van der Waals surface area contributed by atoms with E-state index in [-0.39, 0.29) is 6.54 Å². The molecule has 4 nitrogen and oxygen atoms in total. The van der Waals surface area contributed by atoms with Gasteiger partial charge in [-0.15, -0.1) is 0 Å². The Morgan fingerprint density at radius 1 is 1.29 bits per heavy atom. The number of aliphatic carboxylic acids is 1. The van der Waals surface area contributed by atoms with Crippen molar-refractivity contribution < 1.29 is 9.90 Å². The van der Waals surface area contributed by atoms with Gasteiger partial charge in [-0.05, 0) is 46.3 Å². The van der Waals surface area contributed by atoms with Crippen molar-refractivity contribution in [3.63, 3.8) is 0 Å². The van der Waals surface area contributed by atoms with Gasteiger partial charge in [0, 0.05) is 10.0 Å². The van der Waals surface area contributed by atoms with Gasteiger partial charge in [0.05, 0.1) is 16.1 Å². The molecule has 0 aliphatic carbocycles. The van der Waals surface area contributed by atoms with E-state index >= 15 is 0 Å². The summed E-state index contributed by atoms with van der Waals surface area (Å²) in [6, 6.07) is 12.9. The van der Waals surface area contributed by atoms with Crippen molar-refractivity contribution in [2.75, 3.05) is 0 Å². The normalized spacial score (nSPS) is 11.0. The number of carboxylic acids is 1. The highest BCUT2D eigenvalue weighted by Crippen LogP contribution is 2.30. The topological polar surface area (TPSA) is 55.1 Å². The lowest BCUT2D eigenvalue weighted by atomic mass is 10.2. The summed E-state index contributed by atoms with van der Waals surface area (Å²) in [6.45, 7) is -0.143. The summed E-state index contributed by atoms with van der Waals surface area (Å²) in [5.41, 5.74) is 2.37. The summed E-state index contributed by atoms with van der Waals surface area (Å²) >= 11 is 9.38. The minimum absolute atomic E-state index is 0.143. The van der Waals surface area contributed by atoms with Gasteiger partial charge in [0.2, 0.25) is 0 Å². The van der Waals surface area contributed by atoms with Gasteiger partial charge in [0.1, 0.15) is 12.4 Å². The number of nitrogens with zero attached hydrogens (tertiary/aromatic N) is 2. The molecule has 3 aromatic rings. The van der Waals surface area contributed by atoms with Gasteiger partial charge in [-0.25, -0.2) is 4.98 Å². The van der Waals surface area contributed by atoms with Crippen LogP contribution in [0.3, 0.4) is 0 Å². The second-order valence-electron chi connectivity index (χ2n) is 4.53. The molecule has 0 radical (unpaired) electrons. The molecular formula is C15H10BrClN2O2. The first-order valence-corrected chi connectivity index (χ1v) is 7.36. The summed E-state index contributed by atoms with van der Waals surface area (Å²) in [5.74, 6) is -0.302. The van der Waals surface area contributed by atoms with E-state index in [9.17, 15) is 4.79 Å². The van der Waals surface area contributed by atoms with Gasteiger partial charge >= 0.3 is 5.97 Å². The zero-order chi connectivity index (χ0) is 15.0. The SMILES string of the molecule is O=C(O)Cn1c(-c2ccc(Cl)c(Br)c2)nc2ccccc21. The van der Waals surface area contributed by atoms with Crippen LogP contribution in [0.2, 0.25) is 5.02 Å². The molecule has 3 rings (SSSR count). The van der Waals surface area contributed by atoms with Crippen LogP contribution in [-0.4, -0.2) is 20.6 Å². The van der Waals surface area contributed by atoms with Gasteiger partial charge in [-0.1, -0.05) is 23.7 Å². The van der Waals surface area contributed by atoms with Gasteiger partial charge < -0.3 is 9.67 Å². The van der Waals surface area contributed by atoms with Crippen LogP contribution in [0, 0.1) is 0 Å². The Morgan fingerprint density at radius 3 is 2.76 bits per heavy atom. The number of hydrogen-bond donors (Lipinski definition) is 1. The molecule has 1 heterocycles. The number of imidazole rings is 1. The first-order valence-electron chi connectivity index (χ1n) is 6.19. The molecule has 0 atom stereocenters. The number of fused-ring (bicyclic) bond motifs is 1. The summed E-state index contributed by atoms with van der Waals surface area (Å²) in [4.78, 5) is 15.7. The van der Waals surface area contributed by atoms with Gasteiger partial charge in [-0.3, -0.25) is 4.79 Å². The minimum Gasteiger partial charge on any atom is -0.480 e. The number of benzene rings is 2. The second kappa shape index (κ2) is 5.50. The van der Waals surface area contributed by atoms with Gasteiger partial charge in [0.25, 0.3) is 0 Å². The molecule has 1 N–H and O–H groups in total. The maximum atomic E-state index is 11.1. The Kier molecular flexibility index (Phi) is 3.69. The van der Waals surface area contributed by atoms with Crippen molar-refractivity contribution in [2.24, 2.45) is 0 Å². The van der Waals surface area contributed by atoms with Crippen LogP contribution >= 0.6 is 27.5 Å². The van der Waals surface area contributed by atoms with Crippen LogP contribution < -0.4 is 0 Å². The molecule has 6 heteroatoms. The molecule has 0 saturated carbocycles. The molecule has 0 aliphatic heterocycles. The van der Waals surface area contributed by atoms with Gasteiger partial charge in [0.15, 0.2) is 0 Å². The average Bonchev–Trinajstić information content (AvgIpc) is 2.80. The minimum atomic E-state index is -0.910. The summed E-state index contributed by atoms with van der Waals surface area (Å²) in [6.07, 6.45) is 0. The Balaban J connectivity index is 2.25. The highest BCUT2D eigenvalue weighted by atomic mass is 79.9. The fourth-order valence-corrected chi connectivity index (χ4v) is 2.72. The Bertz CT molecular complexity index is 845.